The number of rotatable bonds is 4. The summed E-state index contributed by atoms with van der Waals surface area (Å²) in [4.78, 5) is 13.8. The fourth-order valence-corrected chi connectivity index (χ4v) is 2.43. The van der Waals surface area contributed by atoms with Crippen LogP contribution in [-0.4, -0.2) is 40.8 Å². The third-order valence-corrected chi connectivity index (χ3v) is 3.68. The number of aromatic nitrogens is 1. The van der Waals surface area contributed by atoms with Gasteiger partial charge in [-0.1, -0.05) is 5.16 Å². The first-order valence-corrected chi connectivity index (χ1v) is 6.70. The first kappa shape index (κ1) is 12.6. The standard InChI is InChI=1S/C13H18FN3O2/c1-9-6-11(16-19-9)7-17-5-4-13(14,8-17)12(18)15-10-2-3-10/h6,10H,2-5,7-8H2,1H3,(H,15,18). The van der Waals surface area contributed by atoms with Gasteiger partial charge in [-0.25, -0.2) is 4.39 Å². The molecule has 1 aromatic rings. The molecule has 0 radical (unpaired) electrons. The van der Waals surface area contributed by atoms with E-state index in [1.807, 2.05) is 17.9 Å². The minimum absolute atomic E-state index is 0.136. The van der Waals surface area contributed by atoms with E-state index in [0.717, 1.165) is 24.3 Å². The van der Waals surface area contributed by atoms with Gasteiger partial charge in [0.1, 0.15) is 5.76 Å². The lowest BCUT2D eigenvalue weighted by Gasteiger charge is -2.19. The van der Waals surface area contributed by atoms with Crippen LogP contribution in [0.25, 0.3) is 0 Å². The number of amides is 1. The van der Waals surface area contributed by atoms with Crippen LogP contribution in [0.1, 0.15) is 30.7 Å². The number of aryl methyl sites for hydroxylation is 1. The van der Waals surface area contributed by atoms with Crippen molar-refractivity contribution in [2.24, 2.45) is 0 Å². The van der Waals surface area contributed by atoms with Crippen molar-refractivity contribution in [1.29, 1.82) is 0 Å². The second kappa shape index (κ2) is 4.59. The molecule has 1 aliphatic heterocycles. The summed E-state index contributed by atoms with van der Waals surface area (Å²) in [6.45, 7) is 3.06. The summed E-state index contributed by atoms with van der Waals surface area (Å²) in [5, 5.41) is 6.64. The van der Waals surface area contributed by atoms with Gasteiger partial charge in [0.05, 0.1) is 5.69 Å². The molecule has 104 valence electrons. The number of hydrogen-bond acceptors (Lipinski definition) is 4. The highest BCUT2D eigenvalue weighted by atomic mass is 19.1. The lowest BCUT2D eigenvalue weighted by atomic mass is 10.0. The largest absolute Gasteiger partial charge is 0.361 e. The molecular formula is C13H18FN3O2. The Hall–Kier alpha value is -1.43. The van der Waals surface area contributed by atoms with E-state index in [1.165, 1.54) is 0 Å². The Morgan fingerprint density at radius 1 is 1.68 bits per heavy atom. The molecule has 1 unspecified atom stereocenters. The summed E-state index contributed by atoms with van der Waals surface area (Å²) in [5.74, 6) is 0.293. The third kappa shape index (κ3) is 2.78. The Kier molecular flexibility index (Phi) is 3.05. The SMILES string of the molecule is Cc1cc(CN2CCC(F)(C(=O)NC3CC3)C2)no1. The second-order valence-corrected chi connectivity index (χ2v) is 5.60. The van der Waals surface area contributed by atoms with Crippen molar-refractivity contribution in [1.82, 2.24) is 15.4 Å². The molecular weight excluding hydrogens is 249 g/mol. The summed E-state index contributed by atoms with van der Waals surface area (Å²) in [5.41, 5.74) is -0.967. The number of nitrogens with one attached hydrogen (secondary N) is 1. The Morgan fingerprint density at radius 2 is 2.47 bits per heavy atom. The summed E-state index contributed by atoms with van der Waals surface area (Å²) < 4.78 is 19.5. The van der Waals surface area contributed by atoms with E-state index in [-0.39, 0.29) is 19.0 Å². The van der Waals surface area contributed by atoms with Crippen LogP contribution in [0.2, 0.25) is 0 Å². The minimum atomic E-state index is -1.75. The molecule has 0 bridgehead atoms. The van der Waals surface area contributed by atoms with E-state index in [9.17, 15) is 9.18 Å². The van der Waals surface area contributed by atoms with Crippen LogP contribution in [0.5, 0.6) is 0 Å². The molecule has 1 saturated carbocycles. The van der Waals surface area contributed by atoms with Crippen molar-refractivity contribution in [3.8, 4) is 0 Å². The molecule has 1 aliphatic carbocycles. The molecule has 3 rings (SSSR count). The third-order valence-electron chi connectivity index (χ3n) is 3.68. The highest BCUT2D eigenvalue weighted by Gasteiger charge is 2.46. The van der Waals surface area contributed by atoms with Crippen LogP contribution in [0.3, 0.4) is 0 Å². The van der Waals surface area contributed by atoms with Gasteiger partial charge < -0.3 is 9.84 Å². The van der Waals surface area contributed by atoms with Crippen LogP contribution in [0, 0.1) is 6.92 Å². The molecule has 19 heavy (non-hydrogen) atoms. The summed E-state index contributed by atoms with van der Waals surface area (Å²) in [6, 6.07) is 2.04. The average Bonchev–Trinajstić information content (AvgIpc) is 2.96. The molecule has 2 aliphatic rings. The Bertz CT molecular complexity index is 486. The quantitative estimate of drug-likeness (QED) is 0.890. The summed E-state index contributed by atoms with van der Waals surface area (Å²) in [6.07, 6.45) is 2.20. The predicted molar refractivity (Wildman–Crippen MR) is 66.1 cm³/mol. The zero-order valence-corrected chi connectivity index (χ0v) is 11.0. The molecule has 6 heteroatoms. The van der Waals surface area contributed by atoms with Gasteiger partial charge >= 0.3 is 0 Å². The van der Waals surface area contributed by atoms with Crippen molar-refractivity contribution in [2.75, 3.05) is 13.1 Å². The number of carbonyl (C=O) groups is 1. The normalized spacial score (nSPS) is 27.7. The number of hydrogen-bond donors (Lipinski definition) is 1. The van der Waals surface area contributed by atoms with Crippen LogP contribution in [0.15, 0.2) is 10.6 Å². The van der Waals surface area contributed by atoms with Crippen molar-refractivity contribution < 1.29 is 13.7 Å². The molecule has 1 atom stereocenters. The van der Waals surface area contributed by atoms with Crippen molar-refractivity contribution in [3.63, 3.8) is 0 Å². The van der Waals surface area contributed by atoms with Crippen molar-refractivity contribution >= 4 is 5.91 Å². The molecule has 0 aromatic carbocycles. The van der Waals surface area contributed by atoms with Gasteiger partial charge in [-0.05, 0) is 19.8 Å². The summed E-state index contributed by atoms with van der Waals surface area (Å²) in [7, 11) is 0. The Balaban J connectivity index is 1.57. The zero-order valence-electron chi connectivity index (χ0n) is 11.0. The van der Waals surface area contributed by atoms with Crippen LogP contribution in [0.4, 0.5) is 4.39 Å². The maximum absolute atomic E-state index is 14.6. The monoisotopic (exact) mass is 267 g/mol. The highest BCUT2D eigenvalue weighted by Crippen LogP contribution is 2.29. The van der Waals surface area contributed by atoms with E-state index < -0.39 is 11.6 Å². The van der Waals surface area contributed by atoms with Gasteiger partial charge in [-0.3, -0.25) is 9.69 Å². The number of nitrogens with zero attached hydrogens (tertiary/aromatic N) is 2. The van der Waals surface area contributed by atoms with Crippen molar-refractivity contribution in [2.45, 2.75) is 44.4 Å². The lowest BCUT2D eigenvalue weighted by molar-refractivity contribution is -0.132. The van der Waals surface area contributed by atoms with Crippen LogP contribution in [-0.2, 0) is 11.3 Å². The molecule has 1 aromatic heterocycles. The van der Waals surface area contributed by atoms with Gasteiger partial charge in [0.25, 0.3) is 5.91 Å². The molecule has 0 spiro atoms. The van der Waals surface area contributed by atoms with E-state index in [4.69, 9.17) is 4.52 Å². The average molecular weight is 267 g/mol. The first-order chi connectivity index (χ1) is 9.05. The fraction of sp³-hybridized carbons (Fsp3) is 0.692. The molecule has 1 amide bonds. The van der Waals surface area contributed by atoms with E-state index in [2.05, 4.69) is 10.5 Å². The predicted octanol–water partition coefficient (Wildman–Crippen LogP) is 1.18. The van der Waals surface area contributed by atoms with E-state index in [0.29, 0.717) is 13.1 Å². The maximum Gasteiger partial charge on any atom is 0.259 e. The fourth-order valence-electron chi connectivity index (χ4n) is 2.43. The molecule has 2 heterocycles. The van der Waals surface area contributed by atoms with Gasteiger partial charge in [-0.15, -0.1) is 0 Å². The second-order valence-electron chi connectivity index (χ2n) is 5.60. The topological polar surface area (TPSA) is 58.4 Å². The number of halogens is 1. The molecule has 1 saturated heterocycles. The van der Waals surface area contributed by atoms with Gasteiger partial charge in [0.2, 0.25) is 5.67 Å². The molecule has 1 N–H and O–H groups in total. The van der Waals surface area contributed by atoms with Crippen LogP contribution < -0.4 is 5.32 Å². The highest BCUT2D eigenvalue weighted by molar-refractivity contribution is 5.86. The lowest BCUT2D eigenvalue weighted by Crippen LogP contribution is -2.46. The number of carbonyl (C=O) groups excluding carboxylic acids is 1. The van der Waals surface area contributed by atoms with E-state index >= 15 is 0 Å². The van der Waals surface area contributed by atoms with Gasteiger partial charge in [0.15, 0.2) is 0 Å². The van der Waals surface area contributed by atoms with Crippen molar-refractivity contribution in [3.05, 3.63) is 17.5 Å². The Morgan fingerprint density at radius 3 is 3.11 bits per heavy atom. The number of alkyl halides is 1. The minimum Gasteiger partial charge on any atom is -0.361 e. The van der Waals surface area contributed by atoms with Crippen LogP contribution >= 0.6 is 0 Å². The van der Waals surface area contributed by atoms with E-state index in [1.54, 1.807) is 0 Å². The van der Waals surface area contributed by atoms with Gasteiger partial charge in [-0.2, -0.15) is 0 Å². The number of likely N-dealkylation sites (tertiary alicyclic amines) is 1. The summed E-state index contributed by atoms with van der Waals surface area (Å²) >= 11 is 0. The Labute approximate surface area is 111 Å². The maximum atomic E-state index is 14.6. The zero-order chi connectivity index (χ0) is 13.5. The molecule has 5 nitrogen and oxygen atoms in total. The molecule has 2 fully saturated rings. The first-order valence-electron chi connectivity index (χ1n) is 6.70. The van der Waals surface area contributed by atoms with Gasteiger partial charge in [0, 0.05) is 38.2 Å². The smallest absolute Gasteiger partial charge is 0.259 e.